The van der Waals surface area contributed by atoms with Crippen molar-refractivity contribution in [2.24, 2.45) is 22.7 Å². The summed E-state index contributed by atoms with van der Waals surface area (Å²) < 4.78 is 0. The molecule has 0 aliphatic heterocycles. The molecular weight excluding hydrogens is 200 g/mol. The molecule has 4 nitrogen and oxygen atoms in total. The quantitative estimate of drug-likeness (QED) is 0.287. The van der Waals surface area contributed by atoms with Crippen molar-refractivity contribution in [3.05, 3.63) is 0 Å². The molecule has 2 saturated carbocycles. The van der Waals surface area contributed by atoms with E-state index in [0.29, 0.717) is 18.0 Å². The Labute approximate surface area is 98.0 Å². The lowest BCUT2D eigenvalue weighted by molar-refractivity contribution is 0.264. The molecule has 2 rings (SSSR count). The summed E-state index contributed by atoms with van der Waals surface area (Å²) in [6.07, 6.45) is 6.27. The summed E-state index contributed by atoms with van der Waals surface area (Å²) in [5.74, 6) is 7.81. The van der Waals surface area contributed by atoms with E-state index in [4.69, 9.17) is 10.8 Å². The van der Waals surface area contributed by atoms with Gasteiger partial charge in [-0.2, -0.15) is 0 Å². The molecule has 4 heteroatoms. The third-order valence-electron chi connectivity index (χ3n) is 3.74. The average Bonchev–Trinajstić information content (AvgIpc) is 3.04. The Morgan fingerprint density at radius 3 is 2.50 bits per heavy atom. The first-order chi connectivity index (χ1) is 7.69. The zero-order chi connectivity index (χ0) is 11.5. The Kier molecular flexibility index (Phi) is 3.69. The molecule has 2 fully saturated rings. The Hall–Kier alpha value is -0.770. The van der Waals surface area contributed by atoms with Gasteiger partial charge >= 0.3 is 0 Å². The fourth-order valence-electron chi connectivity index (χ4n) is 2.54. The van der Waals surface area contributed by atoms with Gasteiger partial charge in [0.15, 0.2) is 0 Å². The predicted molar refractivity (Wildman–Crippen MR) is 66.9 cm³/mol. The topological polar surface area (TPSA) is 62.4 Å². The molecule has 0 radical (unpaired) electrons. The predicted octanol–water partition coefficient (Wildman–Crippen LogP) is 1.38. The van der Waals surface area contributed by atoms with Gasteiger partial charge in [-0.25, -0.2) is 10.8 Å². The first kappa shape index (κ1) is 11.7. The molecule has 0 aromatic rings. The lowest BCUT2D eigenvalue weighted by Gasteiger charge is -2.30. The number of hydrogen-bond acceptors (Lipinski definition) is 2. The van der Waals surface area contributed by atoms with Gasteiger partial charge in [-0.3, -0.25) is 5.43 Å². The molecule has 2 aliphatic rings. The monoisotopic (exact) mass is 224 g/mol. The van der Waals surface area contributed by atoms with E-state index in [1.54, 1.807) is 0 Å². The summed E-state index contributed by atoms with van der Waals surface area (Å²) in [7, 11) is 0. The lowest BCUT2D eigenvalue weighted by Crippen LogP contribution is -2.44. The summed E-state index contributed by atoms with van der Waals surface area (Å²) in [5.41, 5.74) is 2.69. The minimum absolute atomic E-state index is 0.438. The number of nitrogens with one attached hydrogen (secondary N) is 2. The van der Waals surface area contributed by atoms with Crippen LogP contribution in [0.3, 0.4) is 0 Å². The minimum atomic E-state index is 0.438. The van der Waals surface area contributed by atoms with Gasteiger partial charge in [0.1, 0.15) is 0 Å². The first-order valence-electron chi connectivity index (χ1n) is 6.50. The number of nitrogens with two attached hydrogens (primary N) is 1. The molecule has 2 aliphatic carbocycles. The van der Waals surface area contributed by atoms with Crippen molar-refractivity contribution in [1.29, 1.82) is 0 Å². The smallest absolute Gasteiger partial charge is 0.206 e. The zero-order valence-electron chi connectivity index (χ0n) is 10.4. The SMILES string of the molecule is CC1CCC(N=C(NN)NC2CC2)C(C)C1. The van der Waals surface area contributed by atoms with Gasteiger partial charge in [0, 0.05) is 6.04 Å². The number of nitrogens with zero attached hydrogens (tertiary/aromatic N) is 1. The standard InChI is InChI=1S/C12H24N4/c1-8-3-6-11(9(2)7-8)15-12(16-13)14-10-4-5-10/h8-11H,3-7,13H2,1-2H3,(H2,14,15,16). The highest BCUT2D eigenvalue weighted by Gasteiger charge is 2.27. The van der Waals surface area contributed by atoms with Crippen molar-refractivity contribution >= 4 is 5.96 Å². The van der Waals surface area contributed by atoms with Crippen molar-refractivity contribution in [3.8, 4) is 0 Å². The second-order valence-corrected chi connectivity index (χ2v) is 5.50. The van der Waals surface area contributed by atoms with E-state index in [2.05, 4.69) is 24.6 Å². The van der Waals surface area contributed by atoms with E-state index in [1.165, 1.54) is 32.1 Å². The molecule has 3 atom stereocenters. The maximum absolute atomic E-state index is 5.50. The number of guanidine groups is 1. The van der Waals surface area contributed by atoms with Crippen molar-refractivity contribution in [1.82, 2.24) is 10.7 Å². The molecular formula is C12H24N4. The second kappa shape index (κ2) is 5.04. The molecule has 0 saturated heterocycles. The lowest BCUT2D eigenvalue weighted by atomic mass is 9.80. The summed E-state index contributed by atoms with van der Waals surface area (Å²) >= 11 is 0. The van der Waals surface area contributed by atoms with Crippen LogP contribution in [0, 0.1) is 11.8 Å². The third kappa shape index (κ3) is 3.11. The highest BCUT2D eigenvalue weighted by atomic mass is 15.3. The van der Waals surface area contributed by atoms with Crippen LogP contribution in [0.4, 0.5) is 0 Å². The van der Waals surface area contributed by atoms with Crippen LogP contribution in [0.1, 0.15) is 46.0 Å². The van der Waals surface area contributed by atoms with Crippen molar-refractivity contribution in [3.63, 3.8) is 0 Å². The van der Waals surface area contributed by atoms with Gasteiger partial charge in [0.05, 0.1) is 6.04 Å². The van der Waals surface area contributed by atoms with Gasteiger partial charge in [0.2, 0.25) is 5.96 Å². The van der Waals surface area contributed by atoms with Crippen LogP contribution >= 0.6 is 0 Å². The molecule has 3 unspecified atom stereocenters. The number of hydrogen-bond donors (Lipinski definition) is 3. The number of hydrazine groups is 1. The third-order valence-corrected chi connectivity index (χ3v) is 3.74. The summed E-state index contributed by atoms with van der Waals surface area (Å²) in [4.78, 5) is 4.72. The molecule has 4 N–H and O–H groups in total. The summed E-state index contributed by atoms with van der Waals surface area (Å²) in [6.45, 7) is 4.63. The minimum Gasteiger partial charge on any atom is -0.353 e. The average molecular weight is 224 g/mol. The zero-order valence-corrected chi connectivity index (χ0v) is 10.4. The van der Waals surface area contributed by atoms with Gasteiger partial charge in [-0.1, -0.05) is 13.8 Å². The fourth-order valence-corrected chi connectivity index (χ4v) is 2.54. The number of aliphatic imine (C=N–C) groups is 1. The molecule has 0 amide bonds. The molecule has 16 heavy (non-hydrogen) atoms. The van der Waals surface area contributed by atoms with E-state index in [9.17, 15) is 0 Å². The van der Waals surface area contributed by atoms with Crippen LogP contribution < -0.4 is 16.6 Å². The van der Waals surface area contributed by atoms with E-state index >= 15 is 0 Å². The highest BCUT2D eigenvalue weighted by Crippen LogP contribution is 2.30. The Bertz CT molecular complexity index is 260. The number of rotatable bonds is 2. The molecule has 0 heterocycles. The maximum atomic E-state index is 5.50. The largest absolute Gasteiger partial charge is 0.353 e. The highest BCUT2D eigenvalue weighted by molar-refractivity contribution is 5.80. The molecule has 0 bridgehead atoms. The van der Waals surface area contributed by atoms with E-state index < -0.39 is 0 Å². The van der Waals surface area contributed by atoms with Crippen LogP contribution in [-0.4, -0.2) is 18.0 Å². The van der Waals surface area contributed by atoms with Crippen LogP contribution in [-0.2, 0) is 0 Å². The molecule has 0 aromatic heterocycles. The fraction of sp³-hybridized carbons (Fsp3) is 0.917. The Morgan fingerprint density at radius 2 is 1.94 bits per heavy atom. The maximum Gasteiger partial charge on any atom is 0.206 e. The van der Waals surface area contributed by atoms with Crippen molar-refractivity contribution < 1.29 is 0 Å². The molecule has 0 spiro atoms. The summed E-state index contributed by atoms with van der Waals surface area (Å²) in [5, 5.41) is 3.33. The first-order valence-corrected chi connectivity index (χ1v) is 6.50. The van der Waals surface area contributed by atoms with Gasteiger partial charge < -0.3 is 5.32 Å². The van der Waals surface area contributed by atoms with Crippen LogP contribution in [0.25, 0.3) is 0 Å². The Balaban J connectivity index is 1.91. The summed E-state index contributed by atoms with van der Waals surface area (Å²) in [6, 6.07) is 1.04. The van der Waals surface area contributed by atoms with Gasteiger partial charge in [0.25, 0.3) is 0 Å². The van der Waals surface area contributed by atoms with Crippen LogP contribution in [0.5, 0.6) is 0 Å². The van der Waals surface area contributed by atoms with Gasteiger partial charge in [-0.05, 0) is 43.9 Å². The molecule has 0 aromatic carbocycles. The second-order valence-electron chi connectivity index (χ2n) is 5.50. The van der Waals surface area contributed by atoms with E-state index in [1.807, 2.05) is 0 Å². The van der Waals surface area contributed by atoms with Gasteiger partial charge in [-0.15, -0.1) is 0 Å². The normalized spacial score (nSPS) is 35.9. The van der Waals surface area contributed by atoms with E-state index in [-0.39, 0.29) is 0 Å². The van der Waals surface area contributed by atoms with Crippen LogP contribution in [0.15, 0.2) is 4.99 Å². The van der Waals surface area contributed by atoms with E-state index in [0.717, 1.165) is 11.9 Å². The molecule has 92 valence electrons. The van der Waals surface area contributed by atoms with Crippen LogP contribution in [0.2, 0.25) is 0 Å². The van der Waals surface area contributed by atoms with Crippen molar-refractivity contribution in [2.75, 3.05) is 0 Å². The Morgan fingerprint density at radius 1 is 1.19 bits per heavy atom. The van der Waals surface area contributed by atoms with Crippen molar-refractivity contribution in [2.45, 2.75) is 58.0 Å².